The summed E-state index contributed by atoms with van der Waals surface area (Å²) in [5.41, 5.74) is 0. The Balaban J connectivity index is 3.89. The molecular weight excluding hydrogens is 194 g/mol. The first-order valence-electron chi connectivity index (χ1n) is 4.36. The minimum Gasteiger partial charge on any atom is -0.342 e. The lowest BCUT2D eigenvalue weighted by Gasteiger charge is -2.18. The SMILES string of the molecule is CCN(CC)C(=O)CNC(=O)C(F)F. The third kappa shape index (κ3) is 4.15. The van der Waals surface area contributed by atoms with Gasteiger partial charge in [-0.25, -0.2) is 0 Å². The predicted octanol–water partition coefficient (Wildman–Crippen LogP) is 0.236. The Hall–Kier alpha value is -1.20. The molecule has 14 heavy (non-hydrogen) atoms. The Labute approximate surface area is 81.3 Å². The minimum absolute atomic E-state index is 0.357. The highest BCUT2D eigenvalue weighted by Gasteiger charge is 2.17. The highest BCUT2D eigenvalue weighted by atomic mass is 19.3. The van der Waals surface area contributed by atoms with Crippen molar-refractivity contribution in [3.05, 3.63) is 0 Å². The fourth-order valence-corrected chi connectivity index (χ4v) is 0.928. The largest absolute Gasteiger partial charge is 0.342 e. The van der Waals surface area contributed by atoms with E-state index in [0.717, 1.165) is 0 Å². The third-order valence-corrected chi connectivity index (χ3v) is 1.73. The van der Waals surface area contributed by atoms with Gasteiger partial charge in [-0.05, 0) is 13.8 Å². The monoisotopic (exact) mass is 208 g/mol. The van der Waals surface area contributed by atoms with Crippen molar-refractivity contribution in [2.75, 3.05) is 19.6 Å². The molecule has 0 saturated carbocycles. The van der Waals surface area contributed by atoms with E-state index in [1.165, 1.54) is 4.90 Å². The average molecular weight is 208 g/mol. The molecular formula is C8H14F2N2O2. The molecule has 6 heteroatoms. The molecule has 0 rings (SSSR count). The first-order valence-corrected chi connectivity index (χ1v) is 4.36. The third-order valence-electron chi connectivity index (χ3n) is 1.73. The van der Waals surface area contributed by atoms with Crippen LogP contribution < -0.4 is 5.32 Å². The van der Waals surface area contributed by atoms with Crippen LogP contribution in [0.3, 0.4) is 0 Å². The lowest BCUT2D eigenvalue weighted by Crippen LogP contribution is -2.41. The van der Waals surface area contributed by atoms with Crippen LogP contribution in [0.15, 0.2) is 0 Å². The number of hydrogen-bond donors (Lipinski definition) is 1. The van der Waals surface area contributed by atoms with Crippen LogP contribution in [0, 0.1) is 0 Å². The molecule has 0 aliphatic heterocycles. The Kier molecular flexibility index (Phi) is 5.74. The molecule has 0 heterocycles. The van der Waals surface area contributed by atoms with E-state index in [1.807, 2.05) is 5.32 Å². The maximum atomic E-state index is 11.7. The summed E-state index contributed by atoms with van der Waals surface area (Å²) in [6.45, 7) is 4.18. The quantitative estimate of drug-likeness (QED) is 0.703. The van der Waals surface area contributed by atoms with Gasteiger partial charge in [-0.1, -0.05) is 0 Å². The molecule has 0 aliphatic carbocycles. The van der Waals surface area contributed by atoms with E-state index in [4.69, 9.17) is 0 Å². The van der Waals surface area contributed by atoms with E-state index in [1.54, 1.807) is 13.8 Å². The maximum absolute atomic E-state index is 11.7. The first kappa shape index (κ1) is 12.8. The molecule has 0 saturated heterocycles. The van der Waals surface area contributed by atoms with Crippen molar-refractivity contribution in [1.29, 1.82) is 0 Å². The lowest BCUT2D eigenvalue weighted by atomic mass is 10.4. The minimum atomic E-state index is -3.07. The second-order valence-electron chi connectivity index (χ2n) is 2.58. The maximum Gasteiger partial charge on any atom is 0.315 e. The van der Waals surface area contributed by atoms with Crippen LogP contribution in [0.4, 0.5) is 8.78 Å². The Morgan fingerprint density at radius 3 is 2.14 bits per heavy atom. The molecule has 0 atom stereocenters. The molecule has 0 aromatic heterocycles. The van der Waals surface area contributed by atoms with E-state index in [2.05, 4.69) is 0 Å². The van der Waals surface area contributed by atoms with Gasteiger partial charge in [0.05, 0.1) is 6.54 Å². The average Bonchev–Trinajstić information content (AvgIpc) is 2.15. The fourth-order valence-electron chi connectivity index (χ4n) is 0.928. The van der Waals surface area contributed by atoms with E-state index in [9.17, 15) is 18.4 Å². The number of halogens is 2. The summed E-state index contributed by atoms with van der Waals surface area (Å²) in [5.74, 6) is -1.77. The van der Waals surface area contributed by atoms with E-state index >= 15 is 0 Å². The number of alkyl halides is 2. The molecule has 0 aromatic rings. The van der Waals surface area contributed by atoms with Crippen molar-refractivity contribution in [3.8, 4) is 0 Å². The Morgan fingerprint density at radius 2 is 1.79 bits per heavy atom. The number of nitrogens with zero attached hydrogens (tertiary/aromatic N) is 1. The number of amides is 2. The van der Waals surface area contributed by atoms with Gasteiger partial charge < -0.3 is 10.2 Å². The lowest BCUT2D eigenvalue weighted by molar-refractivity contribution is -0.136. The number of nitrogens with one attached hydrogen (secondary N) is 1. The van der Waals surface area contributed by atoms with E-state index in [0.29, 0.717) is 13.1 Å². The van der Waals surface area contributed by atoms with Gasteiger partial charge in [0.25, 0.3) is 5.91 Å². The molecule has 0 fully saturated rings. The molecule has 1 N–H and O–H groups in total. The molecule has 0 aromatic carbocycles. The highest BCUT2D eigenvalue weighted by Crippen LogP contribution is 1.92. The van der Waals surface area contributed by atoms with Crippen molar-refractivity contribution in [2.45, 2.75) is 20.3 Å². The zero-order chi connectivity index (χ0) is 11.1. The highest BCUT2D eigenvalue weighted by molar-refractivity contribution is 5.86. The van der Waals surface area contributed by atoms with E-state index in [-0.39, 0.29) is 12.5 Å². The van der Waals surface area contributed by atoms with Crippen molar-refractivity contribution >= 4 is 11.8 Å². The van der Waals surface area contributed by atoms with Gasteiger partial charge >= 0.3 is 6.43 Å². The standard InChI is InChI=1S/C8H14F2N2O2/c1-3-12(4-2)6(13)5-11-8(14)7(9)10/h7H,3-5H2,1-2H3,(H,11,14). The van der Waals surface area contributed by atoms with Gasteiger partial charge in [0.2, 0.25) is 5.91 Å². The molecule has 0 spiro atoms. The zero-order valence-electron chi connectivity index (χ0n) is 8.22. The summed E-state index contributed by atoms with van der Waals surface area (Å²) in [4.78, 5) is 23.1. The zero-order valence-corrected chi connectivity index (χ0v) is 8.22. The van der Waals surface area contributed by atoms with Gasteiger partial charge in [-0.2, -0.15) is 8.78 Å². The number of hydrogen-bond acceptors (Lipinski definition) is 2. The smallest absolute Gasteiger partial charge is 0.315 e. The molecule has 4 nitrogen and oxygen atoms in total. The number of likely N-dealkylation sites (N-methyl/N-ethyl adjacent to an activating group) is 1. The fraction of sp³-hybridized carbons (Fsp3) is 0.750. The number of carbonyl (C=O) groups is 2. The normalized spacial score (nSPS) is 10.1. The first-order chi connectivity index (χ1) is 6.52. The number of carbonyl (C=O) groups excluding carboxylic acids is 2. The van der Waals surface area contributed by atoms with Crippen LogP contribution in [0.5, 0.6) is 0 Å². The summed E-state index contributed by atoms with van der Waals surface area (Å²) in [5, 5.41) is 1.85. The number of rotatable bonds is 5. The summed E-state index contributed by atoms with van der Waals surface area (Å²) in [6, 6.07) is 0. The van der Waals surface area contributed by atoms with Crippen molar-refractivity contribution in [3.63, 3.8) is 0 Å². The molecule has 0 bridgehead atoms. The summed E-state index contributed by atoms with van der Waals surface area (Å²) in [6.07, 6.45) is -3.07. The van der Waals surface area contributed by atoms with Crippen molar-refractivity contribution in [2.24, 2.45) is 0 Å². The second-order valence-corrected chi connectivity index (χ2v) is 2.58. The molecule has 2 amide bonds. The van der Waals surface area contributed by atoms with Crippen molar-refractivity contribution < 1.29 is 18.4 Å². The molecule has 0 radical (unpaired) electrons. The van der Waals surface area contributed by atoms with Crippen LogP contribution in [0.25, 0.3) is 0 Å². The summed E-state index contributed by atoms with van der Waals surface area (Å²) < 4.78 is 23.4. The molecule has 0 unspecified atom stereocenters. The Bertz CT molecular complexity index is 206. The van der Waals surface area contributed by atoms with Gasteiger partial charge in [-0.3, -0.25) is 9.59 Å². The summed E-state index contributed by atoms with van der Waals surface area (Å²) in [7, 11) is 0. The van der Waals surface area contributed by atoms with Crippen LogP contribution >= 0.6 is 0 Å². The van der Waals surface area contributed by atoms with Gasteiger partial charge in [-0.15, -0.1) is 0 Å². The van der Waals surface area contributed by atoms with Crippen LogP contribution in [-0.2, 0) is 9.59 Å². The Morgan fingerprint density at radius 1 is 1.29 bits per heavy atom. The van der Waals surface area contributed by atoms with Crippen molar-refractivity contribution in [1.82, 2.24) is 10.2 Å². The van der Waals surface area contributed by atoms with Crippen LogP contribution in [-0.4, -0.2) is 42.8 Å². The molecule has 0 aliphatic rings. The predicted molar refractivity (Wildman–Crippen MR) is 46.9 cm³/mol. The summed E-state index contributed by atoms with van der Waals surface area (Å²) >= 11 is 0. The van der Waals surface area contributed by atoms with Crippen LogP contribution in [0.1, 0.15) is 13.8 Å². The van der Waals surface area contributed by atoms with E-state index < -0.39 is 12.3 Å². The van der Waals surface area contributed by atoms with Gasteiger partial charge in [0, 0.05) is 13.1 Å². The molecule has 82 valence electrons. The van der Waals surface area contributed by atoms with Crippen LogP contribution in [0.2, 0.25) is 0 Å². The van der Waals surface area contributed by atoms with Gasteiger partial charge in [0.1, 0.15) is 0 Å². The second kappa shape index (κ2) is 6.28. The topological polar surface area (TPSA) is 49.4 Å². The van der Waals surface area contributed by atoms with Gasteiger partial charge in [0.15, 0.2) is 0 Å².